The molecule has 14 heavy (non-hydrogen) atoms. The van der Waals surface area contributed by atoms with Gasteiger partial charge in [0.2, 0.25) is 0 Å². The number of pyridine rings is 1. The number of aryl methyl sites for hydroxylation is 1. The number of aromatic nitrogens is 1. The summed E-state index contributed by atoms with van der Waals surface area (Å²) >= 11 is 0. The van der Waals surface area contributed by atoms with Gasteiger partial charge in [0, 0.05) is 12.4 Å². The van der Waals surface area contributed by atoms with Crippen molar-refractivity contribution < 1.29 is 0 Å². The highest BCUT2D eigenvalue weighted by Crippen LogP contribution is 2.08. The molecule has 1 heterocycles. The fourth-order valence-corrected chi connectivity index (χ4v) is 1.55. The van der Waals surface area contributed by atoms with E-state index in [2.05, 4.69) is 42.2 Å². The average Bonchev–Trinajstić information content (AvgIpc) is 2.19. The zero-order valence-electron chi connectivity index (χ0n) is 8.27. The van der Waals surface area contributed by atoms with E-state index in [0.717, 1.165) is 6.42 Å². The van der Waals surface area contributed by atoms with Gasteiger partial charge in [0.15, 0.2) is 0 Å². The number of hydrogen-bond donors (Lipinski definition) is 0. The monoisotopic (exact) mass is 183 g/mol. The van der Waals surface area contributed by atoms with E-state index >= 15 is 0 Å². The van der Waals surface area contributed by atoms with E-state index in [1.165, 1.54) is 16.7 Å². The first-order valence-corrected chi connectivity index (χ1v) is 4.79. The Morgan fingerprint density at radius 1 is 1.00 bits per heavy atom. The number of hydrogen-bond acceptors (Lipinski definition) is 1. The molecule has 0 amide bonds. The van der Waals surface area contributed by atoms with E-state index in [1.807, 2.05) is 18.5 Å². The van der Waals surface area contributed by atoms with Gasteiger partial charge in [0.05, 0.1) is 0 Å². The van der Waals surface area contributed by atoms with E-state index in [1.54, 1.807) is 0 Å². The van der Waals surface area contributed by atoms with Crippen molar-refractivity contribution in [3.8, 4) is 0 Å². The van der Waals surface area contributed by atoms with Crippen molar-refractivity contribution in [1.29, 1.82) is 0 Å². The molecule has 0 spiro atoms. The van der Waals surface area contributed by atoms with E-state index < -0.39 is 0 Å². The molecule has 0 saturated carbocycles. The first-order valence-electron chi connectivity index (χ1n) is 4.79. The molecule has 0 bridgehead atoms. The number of rotatable bonds is 2. The lowest BCUT2D eigenvalue weighted by atomic mass is 10.1. The summed E-state index contributed by atoms with van der Waals surface area (Å²) in [5.74, 6) is 0. The second-order valence-corrected chi connectivity index (χ2v) is 3.53. The smallest absolute Gasteiger partial charge is 0.0303 e. The van der Waals surface area contributed by atoms with Crippen LogP contribution in [0.15, 0.2) is 48.8 Å². The van der Waals surface area contributed by atoms with Gasteiger partial charge in [0.25, 0.3) is 0 Å². The third kappa shape index (κ3) is 2.19. The summed E-state index contributed by atoms with van der Waals surface area (Å²) in [6.45, 7) is 2.07. The summed E-state index contributed by atoms with van der Waals surface area (Å²) in [6.07, 6.45) is 4.78. The van der Waals surface area contributed by atoms with Gasteiger partial charge < -0.3 is 0 Å². The molecule has 0 aliphatic rings. The van der Waals surface area contributed by atoms with Crippen LogP contribution in [0.4, 0.5) is 0 Å². The van der Waals surface area contributed by atoms with E-state index in [9.17, 15) is 0 Å². The van der Waals surface area contributed by atoms with Gasteiger partial charge >= 0.3 is 0 Å². The maximum Gasteiger partial charge on any atom is 0.0303 e. The summed E-state index contributed by atoms with van der Waals surface area (Å²) < 4.78 is 0. The summed E-state index contributed by atoms with van der Waals surface area (Å²) in [4.78, 5) is 4.18. The van der Waals surface area contributed by atoms with Gasteiger partial charge in [-0.15, -0.1) is 0 Å². The average molecular weight is 183 g/mol. The lowest BCUT2D eigenvalue weighted by Crippen LogP contribution is -1.89. The Labute approximate surface area is 84.4 Å². The molecule has 0 N–H and O–H groups in total. The minimum absolute atomic E-state index is 0.968. The van der Waals surface area contributed by atoms with Gasteiger partial charge in [-0.1, -0.05) is 36.4 Å². The largest absolute Gasteiger partial charge is 0.264 e. The molecule has 70 valence electrons. The summed E-state index contributed by atoms with van der Waals surface area (Å²) in [6, 6.07) is 12.6. The minimum atomic E-state index is 0.968. The van der Waals surface area contributed by atoms with Crippen LogP contribution in [-0.4, -0.2) is 4.98 Å². The second kappa shape index (κ2) is 4.05. The maximum atomic E-state index is 4.18. The van der Waals surface area contributed by atoms with E-state index in [-0.39, 0.29) is 0 Å². The quantitative estimate of drug-likeness (QED) is 0.697. The molecule has 1 nitrogen and oxygen atoms in total. The standard InChI is InChI=1S/C13H13N/c1-11-7-13(10-14-9-11)8-12-5-3-2-4-6-12/h2-7,9-10H,8H2,1H3. The molecule has 0 radical (unpaired) electrons. The topological polar surface area (TPSA) is 12.9 Å². The Balaban J connectivity index is 2.19. The van der Waals surface area contributed by atoms with Crippen molar-refractivity contribution in [1.82, 2.24) is 4.98 Å². The molecule has 2 aromatic rings. The maximum absolute atomic E-state index is 4.18. The lowest BCUT2D eigenvalue weighted by molar-refractivity contribution is 1.13. The predicted molar refractivity (Wildman–Crippen MR) is 58.2 cm³/mol. The van der Waals surface area contributed by atoms with Gasteiger partial charge in [-0.2, -0.15) is 0 Å². The van der Waals surface area contributed by atoms with Crippen LogP contribution in [0.3, 0.4) is 0 Å². The predicted octanol–water partition coefficient (Wildman–Crippen LogP) is 2.98. The molecule has 1 aromatic heterocycles. The molecule has 0 unspecified atom stereocenters. The highest BCUT2D eigenvalue weighted by atomic mass is 14.6. The van der Waals surface area contributed by atoms with Crippen molar-refractivity contribution in [2.75, 3.05) is 0 Å². The Morgan fingerprint density at radius 3 is 2.50 bits per heavy atom. The fourth-order valence-electron chi connectivity index (χ4n) is 1.55. The van der Waals surface area contributed by atoms with Crippen LogP contribution in [0.1, 0.15) is 16.7 Å². The van der Waals surface area contributed by atoms with Crippen molar-refractivity contribution >= 4 is 0 Å². The fraction of sp³-hybridized carbons (Fsp3) is 0.154. The van der Waals surface area contributed by atoms with E-state index in [0.29, 0.717) is 0 Å². The number of nitrogens with zero attached hydrogens (tertiary/aromatic N) is 1. The molecule has 1 aromatic carbocycles. The van der Waals surface area contributed by atoms with Gasteiger partial charge in [-0.05, 0) is 30.0 Å². The first kappa shape index (κ1) is 8.95. The molecule has 0 atom stereocenters. The molecular formula is C13H13N. The zero-order valence-corrected chi connectivity index (χ0v) is 8.27. The van der Waals surface area contributed by atoms with Crippen molar-refractivity contribution in [3.05, 3.63) is 65.5 Å². The first-order chi connectivity index (χ1) is 6.84. The summed E-state index contributed by atoms with van der Waals surface area (Å²) in [5, 5.41) is 0. The molecule has 0 aliphatic carbocycles. The van der Waals surface area contributed by atoms with E-state index in [4.69, 9.17) is 0 Å². The zero-order chi connectivity index (χ0) is 9.80. The van der Waals surface area contributed by atoms with Gasteiger partial charge in [0.1, 0.15) is 0 Å². The van der Waals surface area contributed by atoms with Gasteiger partial charge in [-0.25, -0.2) is 0 Å². The second-order valence-electron chi connectivity index (χ2n) is 3.53. The number of benzene rings is 1. The van der Waals surface area contributed by atoms with Crippen LogP contribution in [0, 0.1) is 6.92 Å². The molecule has 0 fully saturated rings. The highest BCUT2D eigenvalue weighted by Gasteiger charge is 1.95. The summed E-state index contributed by atoms with van der Waals surface area (Å²) in [5.41, 5.74) is 3.83. The molecule has 0 aliphatic heterocycles. The highest BCUT2D eigenvalue weighted by molar-refractivity contribution is 5.25. The van der Waals surface area contributed by atoms with Crippen LogP contribution in [-0.2, 0) is 6.42 Å². The van der Waals surface area contributed by atoms with Crippen LogP contribution in [0.25, 0.3) is 0 Å². The van der Waals surface area contributed by atoms with Crippen LogP contribution < -0.4 is 0 Å². The Bertz CT molecular complexity index is 407. The van der Waals surface area contributed by atoms with Crippen LogP contribution in [0.5, 0.6) is 0 Å². The molecule has 0 saturated heterocycles. The normalized spacial score (nSPS) is 10.1. The third-order valence-corrected chi connectivity index (χ3v) is 2.18. The van der Waals surface area contributed by atoms with Crippen LogP contribution >= 0.6 is 0 Å². The lowest BCUT2D eigenvalue weighted by Gasteiger charge is -2.01. The SMILES string of the molecule is Cc1cncc(Cc2ccccc2)c1. The minimum Gasteiger partial charge on any atom is -0.264 e. The molecule has 2 rings (SSSR count). The Hall–Kier alpha value is -1.63. The Morgan fingerprint density at radius 2 is 1.79 bits per heavy atom. The van der Waals surface area contributed by atoms with Gasteiger partial charge in [-0.3, -0.25) is 4.98 Å². The summed E-state index contributed by atoms with van der Waals surface area (Å²) in [7, 11) is 0. The Kier molecular flexibility index (Phi) is 2.59. The molecule has 1 heteroatoms. The van der Waals surface area contributed by atoms with Crippen molar-refractivity contribution in [3.63, 3.8) is 0 Å². The van der Waals surface area contributed by atoms with Crippen molar-refractivity contribution in [2.24, 2.45) is 0 Å². The van der Waals surface area contributed by atoms with Crippen LogP contribution in [0.2, 0.25) is 0 Å². The molecular weight excluding hydrogens is 170 g/mol. The third-order valence-electron chi connectivity index (χ3n) is 2.18. The van der Waals surface area contributed by atoms with Crippen molar-refractivity contribution in [2.45, 2.75) is 13.3 Å².